The maximum Gasteiger partial charge on any atom is 0.411 e. The van der Waals surface area contributed by atoms with Crippen LogP contribution < -0.4 is 5.32 Å². The fourth-order valence-corrected chi connectivity index (χ4v) is 1.95. The third-order valence-electron chi connectivity index (χ3n) is 2.73. The Morgan fingerprint density at radius 3 is 2.58 bits per heavy atom. The average Bonchev–Trinajstić information content (AvgIpc) is 2.72. The third-order valence-corrected chi connectivity index (χ3v) is 2.73. The van der Waals surface area contributed by atoms with Crippen molar-refractivity contribution < 1.29 is 17.9 Å². The van der Waals surface area contributed by atoms with Crippen LogP contribution in [-0.2, 0) is 11.5 Å². The van der Waals surface area contributed by atoms with Gasteiger partial charge in [0, 0.05) is 18.4 Å². The lowest BCUT2D eigenvalue weighted by Gasteiger charge is -2.20. The first kappa shape index (κ1) is 16.0. The summed E-state index contributed by atoms with van der Waals surface area (Å²) in [7, 11) is 0. The summed E-state index contributed by atoms with van der Waals surface area (Å²) in [5.74, 6) is 0.409. The van der Waals surface area contributed by atoms with Crippen LogP contribution in [0, 0.1) is 5.92 Å². The van der Waals surface area contributed by atoms with Crippen LogP contribution in [0.4, 0.5) is 13.2 Å². The van der Waals surface area contributed by atoms with Gasteiger partial charge in [0.25, 0.3) is 0 Å². The number of hydrogen-bond donors (Lipinski definition) is 1. The molecule has 0 spiro atoms. The van der Waals surface area contributed by atoms with E-state index in [9.17, 15) is 13.2 Å². The molecule has 6 heteroatoms. The molecule has 0 saturated carbocycles. The van der Waals surface area contributed by atoms with E-state index in [0.29, 0.717) is 5.92 Å². The number of halogens is 3. The summed E-state index contributed by atoms with van der Waals surface area (Å²) < 4.78 is 42.1. The van der Waals surface area contributed by atoms with E-state index in [0.717, 1.165) is 12.1 Å². The van der Waals surface area contributed by atoms with Gasteiger partial charge >= 0.3 is 6.18 Å². The molecule has 0 aliphatic rings. The molecule has 1 atom stereocenters. The van der Waals surface area contributed by atoms with Gasteiger partial charge in [-0.1, -0.05) is 20.8 Å². The topological polar surface area (TPSA) is 26.2 Å². The van der Waals surface area contributed by atoms with Crippen molar-refractivity contribution >= 4 is 0 Å². The van der Waals surface area contributed by atoms with Gasteiger partial charge in [-0.25, -0.2) is 0 Å². The summed E-state index contributed by atoms with van der Waals surface area (Å²) in [6.07, 6.45) is -0.720. The van der Waals surface area contributed by atoms with Crippen LogP contribution >= 0.6 is 0 Å². The highest BCUT2D eigenvalue weighted by Gasteiger charge is 2.27. The lowest BCUT2D eigenvalue weighted by Crippen LogP contribution is -2.25. The minimum absolute atomic E-state index is 0.0869. The van der Waals surface area contributed by atoms with Crippen molar-refractivity contribution in [1.29, 1.82) is 0 Å². The molecule has 0 bridgehead atoms. The Morgan fingerprint density at radius 2 is 2.05 bits per heavy atom. The predicted octanol–water partition coefficient (Wildman–Crippen LogP) is 3.33. The average molecular weight is 278 g/mol. The van der Waals surface area contributed by atoms with E-state index in [1.165, 1.54) is 0 Å². The number of ether oxygens (including phenoxy) is 1. The van der Waals surface area contributed by atoms with Crippen molar-refractivity contribution in [1.82, 2.24) is 9.88 Å². The zero-order valence-electron chi connectivity index (χ0n) is 11.5. The second-order valence-corrected chi connectivity index (χ2v) is 4.83. The molecule has 3 nitrogen and oxygen atoms in total. The molecule has 1 aromatic rings. The van der Waals surface area contributed by atoms with E-state index in [4.69, 9.17) is 0 Å². The first-order chi connectivity index (χ1) is 8.83. The minimum atomic E-state index is -4.28. The second kappa shape index (κ2) is 6.96. The van der Waals surface area contributed by atoms with Crippen LogP contribution in [0.15, 0.2) is 18.5 Å². The number of aromatic nitrogens is 1. The molecule has 0 aliphatic heterocycles. The van der Waals surface area contributed by atoms with Crippen molar-refractivity contribution in [2.75, 3.05) is 13.2 Å². The summed E-state index contributed by atoms with van der Waals surface area (Å²) in [6, 6.07) is 2.11. The molecule has 1 heterocycles. The maximum absolute atomic E-state index is 12.0. The van der Waals surface area contributed by atoms with Crippen LogP contribution in [0.1, 0.15) is 32.4 Å². The minimum Gasteiger partial charge on any atom is -0.351 e. The number of alkyl halides is 3. The lowest BCUT2D eigenvalue weighted by molar-refractivity contribution is -0.181. The van der Waals surface area contributed by atoms with Crippen LogP contribution in [0.3, 0.4) is 0 Å². The number of nitrogens with one attached hydrogen (secondary N) is 1. The van der Waals surface area contributed by atoms with Crippen molar-refractivity contribution in [3.05, 3.63) is 24.0 Å². The number of rotatable bonds is 7. The Morgan fingerprint density at radius 1 is 1.37 bits per heavy atom. The summed E-state index contributed by atoms with van der Waals surface area (Å²) in [5, 5.41) is 3.36. The van der Waals surface area contributed by atoms with Gasteiger partial charge in [0.05, 0.1) is 0 Å². The normalized spacial score (nSPS) is 14.1. The van der Waals surface area contributed by atoms with E-state index in [2.05, 4.69) is 23.9 Å². The molecule has 19 heavy (non-hydrogen) atoms. The summed E-state index contributed by atoms with van der Waals surface area (Å²) >= 11 is 0. The quantitative estimate of drug-likeness (QED) is 0.828. The monoisotopic (exact) mass is 278 g/mol. The predicted molar refractivity (Wildman–Crippen MR) is 67.7 cm³/mol. The number of nitrogens with zero attached hydrogens (tertiary/aromatic N) is 1. The second-order valence-electron chi connectivity index (χ2n) is 4.83. The smallest absolute Gasteiger partial charge is 0.351 e. The van der Waals surface area contributed by atoms with Crippen molar-refractivity contribution in [2.45, 2.75) is 39.7 Å². The Hall–Kier alpha value is -1.01. The van der Waals surface area contributed by atoms with Gasteiger partial charge in [0.15, 0.2) is 0 Å². The van der Waals surface area contributed by atoms with E-state index in [1.807, 2.05) is 19.2 Å². The van der Waals surface area contributed by atoms with Crippen molar-refractivity contribution in [3.63, 3.8) is 0 Å². The van der Waals surface area contributed by atoms with E-state index < -0.39 is 12.8 Å². The van der Waals surface area contributed by atoms with Crippen LogP contribution in [0.25, 0.3) is 0 Å². The Kier molecular flexibility index (Phi) is 5.87. The van der Waals surface area contributed by atoms with Crippen LogP contribution in [-0.4, -0.2) is 23.9 Å². The molecule has 0 aromatic carbocycles. The first-order valence-corrected chi connectivity index (χ1v) is 6.37. The van der Waals surface area contributed by atoms with Crippen molar-refractivity contribution in [2.24, 2.45) is 5.92 Å². The summed E-state index contributed by atoms with van der Waals surface area (Å²) in [6.45, 7) is 5.77. The Labute approximate surface area is 111 Å². The van der Waals surface area contributed by atoms with E-state index >= 15 is 0 Å². The molecular weight excluding hydrogens is 257 g/mol. The molecule has 1 N–H and O–H groups in total. The van der Waals surface area contributed by atoms with Crippen molar-refractivity contribution in [3.8, 4) is 0 Å². The van der Waals surface area contributed by atoms with Crippen LogP contribution in [0.5, 0.6) is 0 Å². The molecule has 0 fully saturated rings. The van der Waals surface area contributed by atoms with Gasteiger partial charge in [-0.15, -0.1) is 0 Å². The van der Waals surface area contributed by atoms with Gasteiger partial charge in [-0.05, 0) is 24.1 Å². The molecule has 1 aromatic heterocycles. The molecule has 1 unspecified atom stereocenters. The molecular formula is C13H21F3N2O. The number of hydrogen-bond acceptors (Lipinski definition) is 2. The highest BCUT2D eigenvalue weighted by atomic mass is 19.4. The Bertz CT molecular complexity index is 374. The SMILES string of the molecule is CCNC(c1ccn(COCC(F)(F)F)c1)C(C)C. The zero-order valence-corrected chi connectivity index (χ0v) is 11.5. The Balaban J connectivity index is 2.55. The summed E-state index contributed by atoms with van der Waals surface area (Å²) in [4.78, 5) is 0. The highest BCUT2D eigenvalue weighted by Crippen LogP contribution is 2.22. The molecule has 0 aliphatic carbocycles. The van der Waals surface area contributed by atoms with Gasteiger partial charge < -0.3 is 14.6 Å². The van der Waals surface area contributed by atoms with Gasteiger partial charge in [0.1, 0.15) is 13.3 Å². The molecule has 0 radical (unpaired) electrons. The molecule has 0 saturated heterocycles. The third kappa shape index (κ3) is 5.65. The fourth-order valence-electron chi connectivity index (χ4n) is 1.95. The zero-order chi connectivity index (χ0) is 14.5. The largest absolute Gasteiger partial charge is 0.411 e. The van der Waals surface area contributed by atoms with Gasteiger partial charge in [-0.3, -0.25) is 0 Å². The molecule has 110 valence electrons. The fraction of sp³-hybridized carbons (Fsp3) is 0.692. The molecule has 0 amide bonds. The maximum atomic E-state index is 12.0. The van der Waals surface area contributed by atoms with Gasteiger partial charge in [-0.2, -0.15) is 13.2 Å². The summed E-state index contributed by atoms with van der Waals surface area (Å²) in [5.41, 5.74) is 1.06. The van der Waals surface area contributed by atoms with E-state index in [-0.39, 0.29) is 12.8 Å². The van der Waals surface area contributed by atoms with E-state index in [1.54, 1.807) is 10.8 Å². The highest BCUT2D eigenvalue weighted by molar-refractivity contribution is 5.16. The standard InChI is InChI=1S/C13H21F3N2O/c1-4-17-12(10(2)3)11-5-6-18(7-11)9-19-8-13(14,15)16/h5-7,10,12,17H,4,8-9H2,1-3H3. The van der Waals surface area contributed by atoms with Gasteiger partial charge in [0.2, 0.25) is 0 Å². The lowest BCUT2D eigenvalue weighted by atomic mass is 9.98. The first-order valence-electron chi connectivity index (χ1n) is 6.37. The van der Waals surface area contributed by atoms with Crippen LogP contribution in [0.2, 0.25) is 0 Å². The molecule has 1 rings (SSSR count).